The van der Waals surface area contributed by atoms with Gasteiger partial charge in [-0.05, 0) is 25.3 Å². The maximum Gasteiger partial charge on any atom is 0.0899 e. The third kappa shape index (κ3) is 4.74. The molecule has 0 radical (unpaired) electrons. The number of methoxy groups -OCH3 is 1. The molecular formula is C11H22N2O2S. The summed E-state index contributed by atoms with van der Waals surface area (Å²) in [5.74, 6) is 0. The van der Waals surface area contributed by atoms with E-state index in [-0.39, 0.29) is 5.41 Å². The van der Waals surface area contributed by atoms with E-state index in [2.05, 4.69) is 4.90 Å². The van der Waals surface area contributed by atoms with Gasteiger partial charge in [-0.25, -0.2) is 0 Å². The molecule has 1 saturated carbocycles. The predicted molar refractivity (Wildman–Crippen MR) is 68.4 cm³/mol. The molecule has 0 saturated heterocycles. The zero-order chi connectivity index (χ0) is 12.2. The molecule has 0 heterocycles. The summed E-state index contributed by atoms with van der Waals surface area (Å²) in [4.78, 5) is 2.73. The molecule has 16 heavy (non-hydrogen) atoms. The van der Waals surface area contributed by atoms with Crippen LogP contribution in [0.3, 0.4) is 0 Å². The van der Waals surface area contributed by atoms with Gasteiger partial charge in [0.1, 0.15) is 0 Å². The van der Waals surface area contributed by atoms with Gasteiger partial charge in [0.05, 0.1) is 17.7 Å². The molecule has 1 aliphatic carbocycles. The van der Waals surface area contributed by atoms with E-state index in [9.17, 15) is 5.11 Å². The van der Waals surface area contributed by atoms with Crippen molar-refractivity contribution in [1.82, 2.24) is 4.90 Å². The number of aliphatic hydroxyl groups excluding tert-OH is 1. The van der Waals surface area contributed by atoms with Crippen LogP contribution >= 0.6 is 12.2 Å². The Kier molecular flexibility index (Phi) is 5.11. The Morgan fingerprint density at radius 3 is 2.69 bits per heavy atom. The summed E-state index contributed by atoms with van der Waals surface area (Å²) in [5, 5.41) is 9.60. The van der Waals surface area contributed by atoms with E-state index >= 15 is 0 Å². The van der Waals surface area contributed by atoms with Crippen LogP contribution < -0.4 is 5.73 Å². The third-order valence-corrected chi connectivity index (χ3v) is 3.14. The number of hydrogen-bond acceptors (Lipinski definition) is 4. The number of thiocarbonyl (C=S) groups is 1. The van der Waals surface area contributed by atoms with E-state index in [1.165, 1.54) is 12.8 Å². The van der Waals surface area contributed by atoms with E-state index in [1.54, 1.807) is 7.11 Å². The van der Waals surface area contributed by atoms with Crippen molar-refractivity contribution in [1.29, 1.82) is 0 Å². The molecule has 1 rings (SSSR count). The first kappa shape index (κ1) is 13.8. The summed E-state index contributed by atoms with van der Waals surface area (Å²) in [5.41, 5.74) is 5.87. The van der Waals surface area contributed by atoms with E-state index in [1.807, 2.05) is 7.05 Å². The van der Waals surface area contributed by atoms with Gasteiger partial charge in [-0.1, -0.05) is 12.2 Å². The first-order valence-corrected chi connectivity index (χ1v) is 6.02. The minimum absolute atomic E-state index is 0.285. The van der Waals surface area contributed by atoms with Gasteiger partial charge in [-0.2, -0.15) is 0 Å². The van der Waals surface area contributed by atoms with Crippen LogP contribution in [0, 0.1) is 5.41 Å². The van der Waals surface area contributed by atoms with Crippen LogP contribution in [0.2, 0.25) is 0 Å². The Hall–Kier alpha value is -0.230. The fourth-order valence-electron chi connectivity index (χ4n) is 2.18. The highest BCUT2D eigenvalue weighted by Gasteiger charge is 2.43. The van der Waals surface area contributed by atoms with Crippen molar-refractivity contribution in [2.24, 2.45) is 11.1 Å². The second kappa shape index (κ2) is 5.91. The van der Waals surface area contributed by atoms with Gasteiger partial charge in [-0.15, -0.1) is 0 Å². The molecule has 1 unspecified atom stereocenters. The zero-order valence-electron chi connectivity index (χ0n) is 10.1. The van der Waals surface area contributed by atoms with Crippen molar-refractivity contribution in [3.8, 4) is 0 Å². The highest BCUT2D eigenvalue weighted by Crippen LogP contribution is 2.49. The summed E-state index contributed by atoms with van der Waals surface area (Å²) < 4.78 is 4.90. The van der Waals surface area contributed by atoms with E-state index in [0.717, 1.165) is 13.0 Å². The van der Waals surface area contributed by atoms with Crippen molar-refractivity contribution in [3.63, 3.8) is 0 Å². The lowest BCUT2D eigenvalue weighted by molar-refractivity contribution is 0.0396. The molecule has 94 valence electrons. The molecule has 0 bridgehead atoms. The predicted octanol–water partition coefficient (Wildman–Crippen LogP) is 0.382. The molecular weight excluding hydrogens is 224 g/mol. The van der Waals surface area contributed by atoms with Crippen LogP contribution in [0.25, 0.3) is 0 Å². The average molecular weight is 246 g/mol. The minimum Gasteiger partial charge on any atom is -0.393 e. The smallest absolute Gasteiger partial charge is 0.0899 e. The average Bonchev–Trinajstić information content (AvgIpc) is 2.82. The summed E-state index contributed by atoms with van der Waals surface area (Å²) in [6, 6.07) is 0. The van der Waals surface area contributed by atoms with Crippen LogP contribution in [0.1, 0.15) is 19.3 Å². The Balaban J connectivity index is 2.28. The van der Waals surface area contributed by atoms with Gasteiger partial charge in [-0.3, -0.25) is 0 Å². The highest BCUT2D eigenvalue weighted by atomic mass is 32.1. The minimum atomic E-state index is -0.421. The normalized spacial score (nSPS) is 19.8. The summed E-state index contributed by atoms with van der Waals surface area (Å²) in [7, 11) is 3.61. The number of likely N-dealkylation sites (N-methyl/N-ethyl adjacent to an activating group) is 1. The molecule has 1 fully saturated rings. The number of nitrogens with zero attached hydrogens (tertiary/aromatic N) is 1. The van der Waals surface area contributed by atoms with E-state index in [4.69, 9.17) is 22.7 Å². The Morgan fingerprint density at radius 1 is 1.62 bits per heavy atom. The topological polar surface area (TPSA) is 58.7 Å². The van der Waals surface area contributed by atoms with Gasteiger partial charge < -0.3 is 20.5 Å². The Bertz CT molecular complexity index is 244. The van der Waals surface area contributed by atoms with Crippen LogP contribution in [0.15, 0.2) is 0 Å². The Morgan fingerprint density at radius 2 is 2.25 bits per heavy atom. The van der Waals surface area contributed by atoms with E-state index in [0.29, 0.717) is 18.1 Å². The van der Waals surface area contributed by atoms with Crippen LogP contribution in [-0.4, -0.2) is 55.0 Å². The number of ether oxygens (including phenoxy) is 1. The SMILES string of the molecule is COCC(O)CN(C)CC1(CC(N)=S)CC1. The molecule has 0 aromatic heterocycles. The number of rotatable bonds is 8. The van der Waals surface area contributed by atoms with Crippen molar-refractivity contribution in [3.05, 3.63) is 0 Å². The quantitative estimate of drug-likeness (QED) is 0.607. The van der Waals surface area contributed by atoms with E-state index < -0.39 is 6.10 Å². The van der Waals surface area contributed by atoms with Crippen LogP contribution in [0.5, 0.6) is 0 Å². The first-order valence-electron chi connectivity index (χ1n) is 5.61. The summed E-state index contributed by atoms with van der Waals surface area (Å²) in [6.07, 6.45) is 2.78. The van der Waals surface area contributed by atoms with Crippen molar-refractivity contribution in [2.75, 3.05) is 33.9 Å². The number of aliphatic hydroxyl groups is 1. The fraction of sp³-hybridized carbons (Fsp3) is 0.909. The molecule has 5 heteroatoms. The molecule has 0 amide bonds. The molecule has 4 nitrogen and oxygen atoms in total. The summed E-state index contributed by atoms with van der Waals surface area (Å²) >= 11 is 4.96. The largest absolute Gasteiger partial charge is 0.393 e. The number of nitrogens with two attached hydrogens (primary N) is 1. The van der Waals surface area contributed by atoms with Gasteiger partial charge >= 0.3 is 0 Å². The lowest BCUT2D eigenvalue weighted by atomic mass is 10.0. The lowest BCUT2D eigenvalue weighted by Gasteiger charge is -2.25. The van der Waals surface area contributed by atoms with Crippen molar-refractivity contribution in [2.45, 2.75) is 25.4 Å². The highest BCUT2D eigenvalue weighted by molar-refractivity contribution is 7.80. The van der Waals surface area contributed by atoms with Gasteiger partial charge in [0.15, 0.2) is 0 Å². The molecule has 1 atom stereocenters. The molecule has 0 aromatic rings. The number of hydrogen-bond donors (Lipinski definition) is 2. The maximum atomic E-state index is 9.60. The van der Waals surface area contributed by atoms with Crippen molar-refractivity contribution >= 4 is 17.2 Å². The van der Waals surface area contributed by atoms with Gasteiger partial charge in [0.25, 0.3) is 0 Å². The molecule has 0 aromatic carbocycles. The third-order valence-electron chi connectivity index (χ3n) is 2.99. The first-order chi connectivity index (χ1) is 7.47. The lowest BCUT2D eigenvalue weighted by Crippen LogP contribution is -2.36. The molecule has 0 spiro atoms. The second-order valence-corrected chi connectivity index (χ2v) is 5.47. The van der Waals surface area contributed by atoms with Crippen LogP contribution in [-0.2, 0) is 4.74 Å². The maximum absolute atomic E-state index is 9.60. The second-order valence-electron chi connectivity index (χ2n) is 4.95. The zero-order valence-corrected chi connectivity index (χ0v) is 10.9. The molecule has 0 aliphatic heterocycles. The van der Waals surface area contributed by atoms with Crippen molar-refractivity contribution < 1.29 is 9.84 Å². The van der Waals surface area contributed by atoms with Gasteiger partial charge in [0, 0.05) is 26.6 Å². The van der Waals surface area contributed by atoms with Crippen LogP contribution in [0.4, 0.5) is 0 Å². The monoisotopic (exact) mass is 246 g/mol. The molecule has 3 N–H and O–H groups in total. The fourth-order valence-corrected chi connectivity index (χ4v) is 2.49. The standard InChI is InChI=1S/C11H22N2O2S/c1-13(6-9(14)7-15-2)8-11(3-4-11)5-10(12)16/h9,14H,3-8H2,1-2H3,(H2,12,16). The Labute approximate surface area is 103 Å². The molecule has 1 aliphatic rings. The van der Waals surface area contributed by atoms with Gasteiger partial charge in [0.2, 0.25) is 0 Å². The summed E-state index contributed by atoms with van der Waals surface area (Å²) in [6.45, 7) is 1.96.